The van der Waals surface area contributed by atoms with Crippen molar-refractivity contribution in [2.75, 3.05) is 19.6 Å². The molecule has 1 aromatic rings. The van der Waals surface area contributed by atoms with Gasteiger partial charge in [-0.2, -0.15) is 4.31 Å². The Morgan fingerprint density at radius 3 is 2.43 bits per heavy atom. The maximum Gasteiger partial charge on any atom is 0.315 e. The number of halogens is 1. The first kappa shape index (κ1) is 17.7. The first-order valence-electron chi connectivity index (χ1n) is 7.73. The van der Waals surface area contributed by atoms with Gasteiger partial charge >= 0.3 is 6.03 Å². The molecule has 0 spiro atoms. The molecule has 2 rings (SSSR count). The first-order chi connectivity index (χ1) is 10.9. The Kier molecular flexibility index (Phi) is 5.95. The summed E-state index contributed by atoms with van der Waals surface area (Å²) in [6, 6.07) is 4.57. The molecule has 0 unspecified atom stereocenters. The van der Waals surface area contributed by atoms with E-state index in [1.54, 1.807) is 0 Å². The molecular weight excluding hydrogens is 321 g/mol. The van der Waals surface area contributed by atoms with E-state index >= 15 is 0 Å². The summed E-state index contributed by atoms with van der Waals surface area (Å²) in [5.74, 6) is -0.468. The van der Waals surface area contributed by atoms with Gasteiger partial charge in [0.05, 0.1) is 4.90 Å². The molecule has 1 heterocycles. The lowest BCUT2D eigenvalue weighted by Gasteiger charge is -2.31. The van der Waals surface area contributed by atoms with E-state index in [2.05, 4.69) is 10.6 Å². The molecule has 6 nitrogen and oxygen atoms in total. The molecule has 1 aromatic carbocycles. The Labute approximate surface area is 136 Å². The summed E-state index contributed by atoms with van der Waals surface area (Å²) in [5, 5.41) is 5.59. The van der Waals surface area contributed by atoms with Crippen molar-refractivity contribution in [3.8, 4) is 0 Å². The zero-order chi connectivity index (χ0) is 16.9. The lowest BCUT2D eigenvalue weighted by molar-refractivity contribution is 0.227. The van der Waals surface area contributed by atoms with Crippen LogP contribution in [0.15, 0.2) is 29.2 Å². The Balaban J connectivity index is 1.91. The van der Waals surface area contributed by atoms with Crippen LogP contribution in [0.5, 0.6) is 0 Å². The third-order valence-corrected chi connectivity index (χ3v) is 5.69. The molecule has 8 heteroatoms. The second kappa shape index (κ2) is 7.74. The highest BCUT2D eigenvalue weighted by Gasteiger charge is 2.29. The summed E-state index contributed by atoms with van der Waals surface area (Å²) in [6.07, 6.45) is 1.97. The van der Waals surface area contributed by atoms with E-state index in [1.165, 1.54) is 16.4 Å². The Bertz CT molecular complexity index is 626. The molecule has 1 aliphatic rings. The predicted octanol–water partition coefficient (Wildman–Crippen LogP) is 1.69. The van der Waals surface area contributed by atoms with Gasteiger partial charge in [-0.05, 0) is 43.5 Å². The number of carbonyl (C=O) groups is 1. The third kappa shape index (κ3) is 4.65. The smallest absolute Gasteiger partial charge is 0.315 e. The fourth-order valence-corrected chi connectivity index (χ4v) is 3.94. The van der Waals surface area contributed by atoms with E-state index < -0.39 is 15.8 Å². The van der Waals surface area contributed by atoms with E-state index in [4.69, 9.17) is 0 Å². The van der Waals surface area contributed by atoms with Crippen molar-refractivity contribution in [1.29, 1.82) is 0 Å². The van der Waals surface area contributed by atoms with Crippen LogP contribution >= 0.6 is 0 Å². The third-order valence-electron chi connectivity index (χ3n) is 3.78. The number of hydrogen-bond donors (Lipinski definition) is 2. The van der Waals surface area contributed by atoms with Crippen LogP contribution in [0.2, 0.25) is 0 Å². The fraction of sp³-hybridized carbons (Fsp3) is 0.533. The van der Waals surface area contributed by atoms with Crippen molar-refractivity contribution in [3.63, 3.8) is 0 Å². The molecular formula is C15H22FN3O3S. The zero-order valence-corrected chi connectivity index (χ0v) is 13.9. The average molecular weight is 343 g/mol. The molecule has 0 aliphatic carbocycles. The molecule has 0 bridgehead atoms. The van der Waals surface area contributed by atoms with Gasteiger partial charge in [-0.15, -0.1) is 0 Å². The first-order valence-corrected chi connectivity index (χ1v) is 9.17. The van der Waals surface area contributed by atoms with Gasteiger partial charge in [-0.1, -0.05) is 6.92 Å². The summed E-state index contributed by atoms with van der Waals surface area (Å²) < 4.78 is 39.2. The van der Waals surface area contributed by atoms with Crippen LogP contribution in [0.25, 0.3) is 0 Å². The Hall–Kier alpha value is -1.67. The molecule has 1 saturated heterocycles. The minimum Gasteiger partial charge on any atom is -0.338 e. The number of amides is 2. The number of hydrogen-bond acceptors (Lipinski definition) is 3. The van der Waals surface area contributed by atoms with Gasteiger partial charge in [-0.25, -0.2) is 17.6 Å². The fourth-order valence-electron chi connectivity index (χ4n) is 2.47. The van der Waals surface area contributed by atoms with Crippen LogP contribution in [0.3, 0.4) is 0 Å². The molecule has 23 heavy (non-hydrogen) atoms. The molecule has 0 radical (unpaired) electrons. The van der Waals surface area contributed by atoms with E-state index in [0.29, 0.717) is 32.5 Å². The Morgan fingerprint density at radius 1 is 1.26 bits per heavy atom. The number of carbonyl (C=O) groups excluding carboxylic acids is 1. The molecule has 128 valence electrons. The molecule has 2 amide bonds. The van der Waals surface area contributed by atoms with Crippen LogP contribution in [0, 0.1) is 5.82 Å². The summed E-state index contributed by atoms with van der Waals surface area (Å²) in [7, 11) is -3.61. The minimum absolute atomic E-state index is 0.0356. The second-order valence-electron chi connectivity index (χ2n) is 5.53. The molecule has 0 atom stereocenters. The summed E-state index contributed by atoms with van der Waals surface area (Å²) >= 11 is 0. The molecule has 1 aliphatic heterocycles. The Morgan fingerprint density at radius 2 is 1.87 bits per heavy atom. The quantitative estimate of drug-likeness (QED) is 0.854. The van der Waals surface area contributed by atoms with E-state index in [-0.39, 0.29) is 17.0 Å². The van der Waals surface area contributed by atoms with Crippen LogP contribution in [-0.4, -0.2) is 44.4 Å². The predicted molar refractivity (Wildman–Crippen MR) is 85.0 cm³/mol. The number of nitrogens with one attached hydrogen (secondary N) is 2. The number of urea groups is 1. The monoisotopic (exact) mass is 343 g/mol. The van der Waals surface area contributed by atoms with Gasteiger partial charge in [0.25, 0.3) is 0 Å². The van der Waals surface area contributed by atoms with Gasteiger partial charge in [0.2, 0.25) is 10.0 Å². The summed E-state index contributed by atoms with van der Waals surface area (Å²) in [6.45, 7) is 3.25. The second-order valence-corrected chi connectivity index (χ2v) is 7.47. The standard InChI is InChI=1S/C15H22FN3O3S/c1-2-9-17-15(20)18-13-7-10-19(11-8-13)23(21,22)14-5-3-12(16)4-6-14/h3-6,13H,2,7-11H2,1H3,(H2,17,18,20). The van der Waals surface area contributed by atoms with Crippen molar-refractivity contribution in [3.05, 3.63) is 30.1 Å². The number of piperidine rings is 1. The normalized spacial score (nSPS) is 17.0. The summed E-state index contributed by atoms with van der Waals surface area (Å²) in [4.78, 5) is 11.7. The number of benzene rings is 1. The lowest BCUT2D eigenvalue weighted by atomic mass is 10.1. The van der Waals surface area contributed by atoms with Crippen molar-refractivity contribution in [2.24, 2.45) is 0 Å². The molecule has 1 fully saturated rings. The van der Waals surface area contributed by atoms with Crippen LogP contribution in [0.4, 0.5) is 9.18 Å². The van der Waals surface area contributed by atoms with Crippen molar-refractivity contribution >= 4 is 16.1 Å². The topological polar surface area (TPSA) is 78.5 Å². The number of sulfonamides is 1. The van der Waals surface area contributed by atoms with E-state index in [1.807, 2.05) is 6.92 Å². The van der Waals surface area contributed by atoms with Crippen molar-refractivity contribution < 1.29 is 17.6 Å². The average Bonchev–Trinajstić information content (AvgIpc) is 2.54. The van der Waals surface area contributed by atoms with Gasteiger partial charge < -0.3 is 10.6 Å². The van der Waals surface area contributed by atoms with Crippen LogP contribution < -0.4 is 10.6 Å². The van der Waals surface area contributed by atoms with Gasteiger partial charge in [0, 0.05) is 25.7 Å². The minimum atomic E-state index is -3.61. The summed E-state index contributed by atoms with van der Waals surface area (Å²) in [5.41, 5.74) is 0. The van der Waals surface area contributed by atoms with Gasteiger partial charge in [0.15, 0.2) is 0 Å². The number of rotatable bonds is 5. The van der Waals surface area contributed by atoms with Crippen molar-refractivity contribution in [1.82, 2.24) is 14.9 Å². The highest BCUT2D eigenvalue weighted by molar-refractivity contribution is 7.89. The van der Waals surface area contributed by atoms with Crippen LogP contribution in [0.1, 0.15) is 26.2 Å². The van der Waals surface area contributed by atoms with Gasteiger partial charge in [0.1, 0.15) is 5.82 Å². The molecule has 2 N–H and O–H groups in total. The maximum atomic E-state index is 12.9. The van der Waals surface area contributed by atoms with Gasteiger partial charge in [-0.3, -0.25) is 0 Å². The largest absolute Gasteiger partial charge is 0.338 e. The maximum absolute atomic E-state index is 12.9. The highest BCUT2D eigenvalue weighted by Crippen LogP contribution is 2.21. The van der Waals surface area contributed by atoms with E-state index in [0.717, 1.165) is 18.6 Å². The van der Waals surface area contributed by atoms with Crippen molar-refractivity contribution in [2.45, 2.75) is 37.1 Å². The number of nitrogens with zero attached hydrogens (tertiary/aromatic N) is 1. The zero-order valence-electron chi connectivity index (χ0n) is 13.1. The van der Waals surface area contributed by atoms with Crippen LogP contribution in [-0.2, 0) is 10.0 Å². The molecule has 0 aromatic heterocycles. The van der Waals surface area contributed by atoms with E-state index in [9.17, 15) is 17.6 Å². The molecule has 0 saturated carbocycles. The lowest BCUT2D eigenvalue weighted by Crippen LogP contribution is -2.49. The highest BCUT2D eigenvalue weighted by atomic mass is 32.2. The SMILES string of the molecule is CCCNC(=O)NC1CCN(S(=O)(=O)c2ccc(F)cc2)CC1.